The molecule has 1 heterocycles. The fourth-order valence-corrected chi connectivity index (χ4v) is 1.78. The molecule has 1 aromatic rings. The number of hydrazone groups is 1. The Morgan fingerprint density at radius 2 is 1.94 bits per heavy atom. The maximum atomic E-state index is 12.8. The number of Topliss-reactive ketones (excluding diaryl/α,β-unsaturated/α-hetero) is 1. The molecule has 1 aromatic carbocycles. The zero-order valence-electron chi connectivity index (χ0n) is 9.48. The molecule has 1 amide bonds. The van der Waals surface area contributed by atoms with Gasteiger partial charge in [0.2, 0.25) is 0 Å². The minimum atomic E-state index is -0.870. The van der Waals surface area contributed by atoms with E-state index in [4.69, 9.17) is 0 Å². The molecule has 0 aromatic heterocycles. The van der Waals surface area contributed by atoms with Crippen LogP contribution in [0.3, 0.4) is 0 Å². The molecule has 1 aliphatic rings. The largest absolute Gasteiger partial charge is 0.299 e. The Bertz CT molecular complexity index is 508. The summed E-state index contributed by atoms with van der Waals surface area (Å²) in [5, 5.41) is 5.17. The predicted molar refractivity (Wildman–Crippen MR) is 59.9 cm³/mol. The van der Waals surface area contributed by atoms with Crippen LogP contribution in [0.2, 0.25) is 0 Å². The molecular weight excluding hydrogens is 223 g/mol. The highest BCUT2D eigenvalue weighted by atomic mass is 19.1. The molecule has 0 N–H and O–H groups in total. The van der Waals surface area contributed by atoms with Gasteiger partial charge >= 0.3 is 0 Å². The zero-order chi connectivity index (χ0) is 12.6. The van der Waals surface area contributed by atoms with Gasteiger partial charge in [-0.15, -0.1) is 0 Å². The van der Waals surface area contributed by atoms with Gasteiger partial charge < -0.3 is 0 Å². The van der Waals surface area contributed by atoms with Crippen LogP contribution < -0.4 is 0 Å². The molecule has 88 valence electrons. The molecule has 1 atom stereocenters. The highest BCUT2D eigenvalue weighted by molar-refractivity contribution is 6.27. The van der Waals surface area contributed by atoms with E-state index >= 15 is 0 Å². The van der Waals surface area contributed by atoms with Crippen molar-refractivity contribution in [1.82, 2.24) is 5.01 Å². The maximum absolute atomic E-state index is 12.8. The first kappa shape index (κ1) is 11.4. The fourth-order valence-electron chi connectivity index (χ4n) is 1.78. The van der Waals surface area contributed by atoms with Gasteiger partial charge in [-0.3, -0.25) is 9.59 Å². The van der Waals surface area contributed by atoms with Crippen LogP contribution in [0.4, 0.5) is 4.39 Å². The summed E-state index contributed by atoms with van der Waals surface area (Å²) in [6.07, 6.45) is 0. The molecule has 0 aliphatic carbocycles. The van der Waals surface area contributed by atoms with Crippen LogP contribution in [-0.4, -0.2) is 29.5 Å². The van der Waals surface area contributed by atoms with Gasteiger partial charge in [0.15, 0.2) is 0 Å². The number of hydrogen-bond donors (Lipinski definition) is 0. The molecule has 0 bridgehead atoms. The topological polar surface area (TPSA) is 49.7 Å². The van der Waals surface area contributed by atoms with Crippen LogP contribution in [0.15, 0.2) is 29.4 Å². The third kappa shape index (κ3) is 1.95. The molecule has 0 fully saturated rings. The highest BCUT2D eigenvalue weighted by Crippen LogP contribution is 2.21. The van der Waals surface area contributed by atoms with Crippen molar-refractivity contribution in [1.29, 1.82) is 0 Å². The number of halogens is 1. The van der Waals surface area contributed by atoms with E-state index in [2.05, 4.69) is 5.10 Å². The van der Waals surface area contributed by atoms with Crippen molar-refractivity contribution < 1.29 is 14.0 Å². The average Bonchev–Trinajstić information content (AvgIpc) is 2.56. The van der Waals surface area contributed by atoms with Crippen LogP contribution in [0.1, 0.15) is 12.5 Å². The summed E-state index contributed by atoms with van der Waals surface area (Å²) in [5.74, 6) is -1.85. The molecule has 17 heavy (non-hydrogen) atoms. The first-order valence-electron chi connectivity index (χ1n) is 5.13. The predicted octanol–water partition coefficient (Wildman–Crippen LogP) is 1.21. The monoisotopic (exact) mass is 234 g/mol. The lowest BCUT2D eigenvalue weighted by Crippen LogP contribution is -2.30. The number of rotatable bonds is 2. The van der Waals surface area contributed by atoms with Crippen molar-refractivity contribution in [3.8, 4) is 0 Å². The summed E-state index contributed by atoms with van der Waals surface area (Å²) < 4.78 is 12.8. The zero-order valence-corrected chi connectivity index (χ0v) is 9.48. The fraction of sp³-hybridized carbons (Fsp3) is 0.250. The van der Waals surface area contributed by atoms with E-state index in [0.29, 0.717) is 11.3 Å². The standard InChI is InChI=1S/C12H11FN2O2/c1-7(16)10-11(14-15(2)12(10)17)8-3-5-9(13)6-4-8/h3-6,10H,1-2H3. The van der Waals surface area contributed by atoms with Crippen molar-refractivity contribution in [2.24, 2.45) is 11.0 Å². The Balaban J connectivity index is 2.43. The van der Waals surface area contributed by atoms with Crippen LogP contribution in [0, 0.1) is 11.7 Å². The molecule has 5 heteroatoms. The third-order valence-corrected chi connectivity index (χ3v) is 2.64. The van der Waals surface area contributed by atoms with Crippen molar-refractivity contribution in [2.45, 2.75) is 6.92 Å². The molecule has 4 nitrogen and oxygen atoms in total. The van der Waals surface area contributed by atoms with E-state index in [1.165, 1.54) is 38.2 Å². The molecule has 0 saturated heterocycles. The minimum Gasteiger partial charge on any atom is -0.299 e. The van der Waals surface area contributed by atoms with Gasteiger partial charge in [-0.05, 0) is 24.6 Å². The summed E-state index contributed by atoms with van der Waals surface area (Å²) in [7, 11) is 1.49. The SMILES string of the molecule is CC(=O)C1C(=O)N(C)N=C1c1ccc(F)cc1. The lowest BCUT2D eigenvalue weighted by atomic mass is 9.94. The van der Waals surface area contributed by atoms with Gasteiger partial charge in [0.1, 0.15) is 17.5 Å². The van der Waals surface area contributed by atoms with Crippen molar-refractivity contribution in [3.05, 3.63) is 35.6 Å². The Kier molecular flexibility index (Phi) is 2.75. The Labute approximate surface area is 97.7 Å². The molecule has 1 aliphatic heterocycles. The molecule has 0 spiro atoms. The smallest absolute Gasteiger partial charge is 0.259 e. The summed E-state index contributed by atoms with van der Waals surface area (Å²) in [6, 6.07) is 5.57. The van der Waals surface area contributed by atoms with E-state index in [9.17, 15) is 14.0 Å². The molecule has 1 unspecified atom stereocenters. The third-order valence-electron chi connectivity index (χ3n) is 2.64. The second-order valence-corrected chi connectivity index (χ2v) is 3.90. The summed E-state index contributed by atoms with van der Waals surface area (Å²) in [6.45, 7) is 1.35. The number of benzene rings is 1. The second-order valence-electron chi connectivity index (χ2n) is 3.90. The first-order chi connectivity index (χ1) is 8.00. The van der Waals surface area contributed by atoms with Crippen LogP contribution in [0.25, 0.3) is 0 Å². The van der Waals surface area contributed by atoms with E-state index in [-0.39, 0.29) is 17.5 Å². The van der Waals surface area contributed by atoms with E-state index < -0.39 is 5.92 Å². The summed E-state index contributed by atoms with van der Waals surface area (Å²) in [4.78, 5) is 23.2. The molecular formula is C12H11FN2O2. The molecule has 0 radical (unpaired) electrons. The number of carbonyl (C=O) groups excluding carboxylic acids is 2. The van der Waals surface area contributed by atoms with Crippen molar-refractivity contribution >= 4 is 17.4 Å². The second kappa shape index (κ2) is 4.08. The van der Waals surface area contributed by atoms with Crippen LogP contribution in [0.5, 0.6) is 0 Å². The van der Waals surface area contributed by atoms with Gasteiger partial charge in [-0.25, -0.2) is 9.40 Å². The lowest BCUT2D eigenvalue weighted by Gasteiger charge is -2.07. The van der Waals surface area contributed by atoms with Crippen LogP contribution in [-0.2, 0) is 9.59 Å². The number of nitrogens with zero attached hydrogens (tertiary/aromatic N) is 2. The normalized spacial score (nSPS) is 19.5. The van der Waals surface area contributed by atoms with Crippen molar-refractivity contribution in [2.75, 3.05) is 7.05 Å². The Morgan fingerprint density at radius 1 is 1.35 bits per heavy atom. The molecule has 0 saturated carbocycles. The Morgan fingerprint density at radius 3 is 2.47 bits per heavy atom. The van der Waals surface area contributed by atoms with Crippen molar-refractivity contribution in [3.63, 3.8) is 0 Å². The van der Waals surface area contributed by atoms with Gasteiger partial charge in [-0.2, -0.15) is 5.10 Å². The van der Waals surface area contributed by atoms with E-state index in [1.54, 1.807) is 0 Å². The summed E-state index contributed by atoms with van der Waals surface area (Å²) in [5.41, 5.74) is 0.967. The number of carbonyl (C=O) groups is 2. The number of ketones is 1. The van der Waals surface area contributed by atoms with E-state index in [0.717, 1.165) is 5.01 Å². The average molecular weight is 234 g/mol. The van der Waals surface area contributed by atoms with Gasteiger partial charge in [0.25, 0.3) is 5.91 Å². The minimum absolute atomic E-state index is 0.262. The summed E-state index contributed by atoms with van der Waals surface area (Å²) >= 11 is 0. The van der Waals surface area contributed by atoms with Gasteiger partial charge in [0, 0.05) is 7.05 Å². The molecule has 2 rings (SSSR count). The van der Waals surface area contributed by atoms with Gasteiger partial charge in [-0.1, -0.05) is 12.1 Å². The Hall–Kier alpha value is -2.04. The maximum Gasteiger partial charge on any atom is 0.259 e. The number of hydrogen-bond acceptors (Lipinski definition) is 3. The quantitative estimate of drug-likeness (QED) is 0.722. The van der Waals surface area contributed by atoms with Crippen LogP contribution >= 0.6 is 0 Å². The van der Waals surface area contributed by atoms with Gasteiger partial charge in [0.05, 0.1) is 5.71 Å². The van der Waals surface area contributed by atoms with E-state index in [1.807, 2.05) is 0 Å². The highest BCUT2D eigenvalue weighted by Gasteiger charge is 2.37. The number of amides is 1. The lowest BCUT2D eigenvalue weighted by molar-refractivity contribution is -0.135. The first-order valence-corrected chi connectivity index (χ1v) is 5.13.